The van der Waals surface area contributed by atoms with E-state index in [1.807, 2.05) is 0 Å². The molecule has 0 amide bonds. The van der Waals surface area contributed by atoms with Gasteiger partial charge in [0, 0.05) is 6.08 Å². The summed E-state index contributed by atoms with van der Waals surface area (Å²) in [5.74, 6) is -0.943. The molecule has 1 radical (unpaired) electrons. The van der Waals surface area contributed by atoms with E-state index in [0.717, 1.165) is 0 Å². The summed E-state index contributed by atoms with van der Waals surface area (Å²) in [5, 5.41) is 0. The number of carbonyl (C=O) groups excluding carboxylic acids is 2. The Morgan fingerprint density at radius 3 is 2.80 bits per heavy atom. The van der Waals surface area contributed by atoms with Crippen molar-refractivity contribution in [2.24, 2.45) is 5.92 Å². The molecule has 0 fully saturated rings. The van der Waals surface area contributed by atoms with Crippen molar-refractivity contribution >= 4 is 11.6 Å². The summed E-state index contributed by atoms with van der Waals surface area (Å²) in [6.07, 6.45) is 7.20. The molecule has 1 rings (SSSR count). The maximum absolute atomic E-state index is 10.8. The van der Waals surface area contributed by atoms with E-state index in [1.54, 1.807) is 12.2 Å². The molecule has 51 valence electrons. The summed E-state index contributed by atoms with van der Waals surface area (Å²) in [7, 11) is 0. The Balaban J connectivity index is 2.80. The molecule has 10 heavy (non-hydrogen) atoms. The minimum Gasteiger partial charge on any atom is -0.299 e. The van der Waals surface area contributed by atoms with Crippen molar-refractivity contribution in [1.82, 2.24) is 0 Å². The molecule has 1 aliphatic carbocycles. The zero-order valence-electron chi connectivity index (χ0n) is 5.63. The molecule has 0 spiro atoms. The van der Waals surface area contributed by atoms with Gasteiger partial charge in [0.15, 0.2) is 5.78 Å². The Morgan fingerprint density at radius 1 is 1.70 bits per heavy atom. The molecule has 0 aromatic carbocycles. The van der Waals surface area contributed by atoms with Crippen molar-refractivity contribution in [3.05, 3.63) is 24.3 Å². The third-order valence-corrected chi connectivity index (χ3v) is 1.35. The summed E-state index contributed by atoms with van der Waals surface area (Å²) in [4.78, 5) is 21.5. The maximum atomic E-state index is 10.8. The lowest BCUT2D eigenvalue weighted by atomic mass is 9.96. The van der Waals surface area contributed by atoms with E-state index >= 15 is 0 Å². The van der Waals surface area contributed by atoms with Crippen molar-refractivity contribution in [1.29, 1.82) is 0 Å². The highest BCUT2D eigenvalue weighted by atomic mass is 16.1. The fourth-order valence-electron chi connectivity index (χ4n) is 0.794. The molecule has 1 aliphatic rings. The molecule has 0 saturated carbocycles. The molecule has 1 unspecified atom stereocenters. The number of carbonyl (C=O) groups is 2. The summed E-state index contributed by atoms with van der Waals surface area (Å²) in [5.41, 5.74) is 0. The predicted octanol–water partition coefficient (Wildman–Crippen LogP) is 0.690. The van der Waals surface area contributed by atoms with Gasteiger partial charge in [0.1, 0.15) is 5.78 Å². The molecule has 0 aromatic rings. The Labute approximate surface area is 59.2 Å². The minimum atomic E-state index is -0.579. The first kappa shape index (κ1) is 6.93. The third-order valence-electron chi connectivity index (χ3n) is 1.35. The minimum absolute atomic E-state index is 0.123. The van der Waals surface area contributed by atoms with Gasteiger partial charge in [0.25, 0.3) is 0 Å². The second-order valence-corrected chi connectivity index (χ2v) is 2.15. The van der Waals surface area contributed by atoms with E-state index in [4.69, 9.17) is 0 Å². The molecule has 0 N–H and O–H groups in total. The third kappa shape index (κ3) is 1.21. The highest BCUT2D eigenvalue weighted by molar-refractivity contribution is 6.07. The zero-order valence-corrected chi connectivity index (χ0v) is 5.63. The number of hydrogen-bond acceptors (Lipinski definition) is 2. The first-order valence-electron chi connectivity index (χ1n) is 3.02. The monoisotopic (exact) mass is 135 g/mol. The topological polar surface area (TPSA) is 34.1 Å². The van der Waals surface area contributed by atoms with Crippen LogP contribution in [0.3, 0.4) is 0 Å². The van der Waals surface area contributed by atoms with E-state index < -0.39 is 5.92 Å². The van der Waals surface area contributed by atoms with Crippen LogP contribution < -0.4 is 0 Å². The predicted molar refractivity (Wildman–Crippen MR) is 36.1 cm³/mol. The van der Waals surface area contributed by atoms with Crippen molar-refractivity contribution in [2.75, 3.05) is 0 Å². The highest BCUT2D eigenvalue weighted by Gasteiger charge is 2.19. The number of hydrogen-bond donors (Lipinski definition) is 0. The van der Waals surface area contributed by atoms with Crippen LogP contribution in [-0.4, -0.2) is 11.6 Å². The molecule has 1 atom stereocenters. The van der Waals surface area contributed by atoms with E-state index in [9.17, 15) is 9.59 Å². The van der Waals surface area contributed by atoms with Crippen LogP contribution in [0, 0.1) is 12.0 Å². The summed E-state index contributed by atoms with van der Waals surface area (Å²) < 4.78 is 0. The largest absolute Gasteiger partial charge is 0.299 e. The van der Waals surface area contributed by atoms with Gasteiger partial charge in [-0.05, 0) is 6.92 Å². The fourth-order valence-corrected chi connectivity index (χ4v) is 0.794. The Morgan fingerprint density at radius 2 is 2.40 bits per heavy atom. The Hall–Kier alpha value is -1.18. The van der Waals surface area contributed by atoms with Crippen LogP contribution in [0.1, 0.15) is 6.92 Å². The standard InChI is InChI=1S/C8H7O2/c1-6(9)7-4-2-3-5-8(7)10/h2-4,7H,1H3. The maximum Gasteiger partial charge on any atom is 0.177 e. The van der Waals surface area contributed by atoms with Gasteiger partial charge in [-0.3, -0.25) is 9.59 Å². The fraction of sp³-hybridized carbons (Fsp3) is 0.250. The Kier molecular flexibility index (Phi) is 1.81. The van der Waals surface area contributed by atoms with E-state index in [2.05, 4.69) is 6.08 Å². The van der Waals surface area contributed by atoms with Gasteiger partial charge in [-0.2, -0.15) is 0 Å². The van der Waals surface area contributed by atoms with Gasteiger partial charge in [-0.15, -0.1) is 0 Å². The average Bonchev–Trinajstić information content (AvgIpc) is 1.88. The highest BCUT2D eigenvalue weighted by Crippen LogP contribution is 2.07. The van der Waals surface area contributed by atoms with Crippen molar-refractivity contribution < 1.29 is 9.59 Å². The summed E-state index contributed by atoms with van der Waals surface area (Å²) >= 11 is 0. The van der Waals surface area contributed by atoms with Gasteiger partial charge in [-0.25, -0.2) is 0 Å². The van der Waals surface area contributed by atoms with Crippen LogP contribution in [0.15, 0.2) is 18.2 Å². The average molecular weight is 135 g/mol. The van der Waals surface area contributed by atoms with Crippen LogP contribution in [0.4, 0.5) is 0 Å². The lowest BCUT2D eigenvalue weighted by Crippen LogP contribution is -2.19. The second-order valence-electron chi connectivity index (χ2n) is 2.15. The van der Waals surface area contributed by atoms with Gasteiger partial charge >= 0.3 is 0 Å². The number of allylic oxidation sites excluding steroid dienone is 4. The van der Waals surface area contributed by atoms with Crippen molar-refractivity contribution in [2.45, 2.75) is 6.92 Å². The van der Waals surface area contributed by atoms with E-state index in [0.29, 0.717) is 0 Å². The molecule has 0 saturated heterocycles. The van der Waals surface area contributed by atoms with Crippen LogP contribution in [0.2, 0.25) is 0 Å². The zero-order chi connectivity index (χ0) is 7.56. The Bertz CT molecular complexity index is 223. The van der Waals surface area contributed by atoms with E-state index in [1.165, 1.54) is 13.0 Å². The molecular weight excluding hydrogens is 128 g/mol. The lowest BCUT2D eigenvalue weighted by Gasteiger charge is -2.05. The van der Waals surface area contributed by atoms with Crippen LogP contribution in [0.25, 0.3) is 0 Å². The van der Waals surface area contributed by atoms with E-state index in [-0.39, 0.29) is 11.6 Å². The summed E-state index contributed by atoms with van der Waals surface area (Å²) in [6.45, 7) is 1.40. The van der Waals surface area contributed by atoms with Gasteiger partial charge < -0.3 is 0 Å². The molecular formula is C8H7O2. The van der Waals surface area contributed by atoms with Gasteiger partial charge in [0.2, 0.25) is 0 Å². The molecule has 0 aliphatic heterocycles. The van der Waals surface area contributed by atoms with Crippen molar-refractivity contribution in [3.8, 4) is 0 Å². The quantitative estimate of drug-likeness (QED) is 0.496. The molecule has 2 nitrogen and oxygen atoms in total. The second kappa shape index (κ2) is 2.60. The van der Waals surface area contributed by atoms with Crippen LogP contribution in [-0.2, 0) is 9.59 Å². The molecule has 0 bridgehead atoms. The van der Waals surface area contributed by atoms with Gasteiger partial charge in [-0.1, -0.05) is 18.2 Å². The smallest absolute Gasteiger partial charge is 0.177 e. The summed E-state index contributed by atoms with van der Waals surface area (Å²) in [6, 6.07) is 0. The van der Waals surface area contributed by atoms with Crippen molar-refractivity contribution in [3.63, 3.8) is 0 Å². The van der Waals surface area contributed by atoms with Crippen LogP contribution in [0.5, 0.6) is 0 Å². The molecule has 2 heteroatoms. The number of Topliss-reactive ketones (excluding diaryl/α,β-unsaturated/α-hetero) is 2. The SMILES string of the molecule is CC(=O)C1C=CC=[C]C1=O. The first-order chi connectivity index (χ1) is 4.72. The normalized spacial score (nSPS) is 23.3. The number of ketones is 2. The molecule has 0 aromatic heterocycles. The van der Waals surface area contributed by atoms with Crippen LogP contribution >= 0.6 is 0 Å². The first-order valence-corrected chi connectivity index (χ1v) is 3.02. The molecule has 0 heterocycles. The van der Waals surface area contributed by atoms with Gasteiger partial charge in [0.05, 0.1) is 5.92 Å². The lowest BCUT2D eigenvalue weighted by molar-refractivity contribution is -0.127. The number of rotatable bonds is 1.